The molecule has 5 N–H and O–H groups in total. The number of nitrogens with zero attached hydrogens (tertiary/aromatic N) is 1. The average Bonchev–Trinajstić information content (AvgIpc) is 2.79. The van der Waals surface area contributed by atoms with Gasteiger partial charge in [0.2, 0.25) is 5.91 Å². The van der Waals surface area contributed by atoms with Gasteiger partial charge in [0.15, 0.2) is 5.96 Å². The standard InChI is InChI=1S/C22H23Cl2N5O4/c23-15-9-13(5-6-19(31)32)20(17(24)11-15)29-18(30)12-27-21(33)14-3-1-4-16(10-14)28-22-25-7-2-8-26-22/h1,3-4,9-11H,2,5-8,12H2,(H,27,33)(H,29,30)(H,31,32)(H2,25,26,28). The largest absolute Gasteiger partial charge is 0.481 e. The van der Waals surface area contributed by atoms with E-state index < -0.39 is 17.8 Å². The number of aliphatic carboxylic acids is 1. The fourth-order valence-corrected chi connectivity index (χ4v) is 3.73. The summed E-state index contributed by atoms with van der Waals surface area (Å²) >= 11 is 12.2. The number of amides is 2. The Morgan fingerprint density at radius 2 is 1.97 bits per heavy atom. The predicted octanol–water partition coefficient (Wildman–Crippen LogP) is 3.14. The minimum absolute atomic E-state index is 0.136. The minimum atomic E-state index is -0.987. The van der Waals surface area contributed by atoms with Crippen LogP contribution in [0.4, 0.5) is 11.4 Å². The van der Waals surface area contributed by atoms with E-state index in [2.05, 4.69) is 26.3 Å². The number of carbonyl (C=O) groups excluding carboxylic acids is 2. The van der Waals surface area contributed by atoms with E-state index in [9.17, 15) is 14.4 Å². The molecule has 0 saturated carbocycles. The van der Waals surface area contributed by atoms with E-state index >= 15 is 0 Å². The highest BCUT2D eigenvalue weighted by atomic mass is 35.5. The number of nitrogens with one attached hydrogen (secondary N) is 4. The highest BCUT2D eigenvalue weighted by Crippen LogP contribution is 2.31. The van der Waals surface area contributed by atoms with Crippen molar-refractivity contribution in [2.45, 2.75) is 19.3 Å². The van der Waals surface area contributed by atoms with Gasteiger partial charge in [0.25, 0.3) is 5.91 Å². The lowest BCUT2D eigenvalue weighted by Crippen LogP contribution is -2.35. The van der Waals surface area contributed by atoms with Gasteiger partial charge in [-0.25, -0.2) is 0 Å². The molecule has 11 heteroatoms. The summed E-state index contributed by atoms with van der Waals surface area (Å²) < 4.78 is 0. The van der Waals surface area contributed by atoms with Crippen LogP contribution in [-0.2, 0) is 16.0 Å². The SMILES string of the molecule is O=C(O)CCc1cc(Cl)cc(Cl)c1NC(=O)CNC(=O)c1cccc(NC2=NCCCN2)c1. The van der Waals surface area contributed by atoms with Gasteiger partial charge in [-0.2, -0.15) is 0 Å². The molecule has 1 aliphatic rings. The zero-order valence-corrected chi connectivity index (χ0v) is 19.1. The van der Waals surface area contributed by atoms with Crippen molar-refractivity contribution in [1.82, 2.24) is 10.6 Å². The number of aryl methyl sites for hydroxylation is 1. The summed E-state index contributed by atoms with van der Waals surface area (Å²) in [6.07, 6.45) is 0.956. The molecule has 0 spiro atoms. The van der Waals surface area contributed by atoms with Crippen molar-refractivity contribution in [2.75, 3.05) is 30.3 Å². The van der Waals surface area contributed by atoms with Gasteiger partial charge in [-0.3, -0.25) is 19.4 Å². The Labute approximate surface area is 200 Å². The number of carbonyl (C=O) groups is 3. The van der Waals surface area contributed by atoms with Crippen molar-refractivity contribution < 1.29 is 19.5 Å². The average molecular weight is 492 g/mol. The van der Waals surface area contributed by atoms with E-state index in [0.29, 0.717) is 27.8 Å². The zero-order valence-electron chi connectivity index (χ0n) is 17.6. The molecule has 174 valence electrons. The molecule has 1 aliphatic heterocycles. The van der Waals surface area contributed by atoms with Gasteiger partial charge in [-0.15, -0.1) is 0 Å². The van der Waals surface area contributed by atoms with Crippen LogP contribution < -0.4 is 21.3 Å². The molecule has 0 fully saturated rings. The summed E-state index contributed by atoms with van der Waals surface area (Å²) in [7, 11) is 0. The Bertz CT molecular complexity index is 1090. The smallest absolute Gasteiger partial charge is 0.303 e. The van der Waals surface area contributed by atoms with E-state index in [0.717, 1.165) is 19.5 Å². The summed E-state index contributed by atoms with van der Waals surface area (Å²) in [4.78, 5) is 40.2. The van der Waals surface area contributed by atoms with Crippen LogP contribution >= 0.6 is 23.2 Å². The van der Waals surface area contributed by atoms with Gasteiger partial charge in [0.1, 0.15) is 0 Å². The normalized spacial score (nSPS) is 12.8. The molecular formula is C22H23Cl2N5O4. The maximum atomic E-state index is 12.5. The molecule has 1 heterocycles. The van der Waals surface area contributed by atoms with Crippen molar-refractivity contribution in [3.05, 3.63) is 57.6 Å². The lowest BCUT2D eigenvalue weighted by atomic mass is 10.1. The second-order valence-electron chi connectivity index (χ2n) is 7.26. The highest BCUT2D eigenvalue weighted by molar-refractivity contribution is 6.37. The molecule has 0 atom stereocenters. The molecule has 0 aromatic heterocycles. The molecule has 33 heavy (non-hydrogen) atoms. The van der Waals surface area contributed by atoms with E-state index in [-0.39, 0.29) is 30.1 Å². The predicted molar refractivity (Wildman–Crippen MR) is 128 cm³/mol. The number of anilines is 2. The molecule has 2 aromatic carbocycles. The summed E-state index contributed by atoms with van der Waals surface area (Å²) in [6, 6.07) is 9.83. The number of hydrogen-bond acceptors (Lipinski definition) is 6. The van der Waals surface area contributed by atoms with Gasteiger partial charge in [-0.1, -0.05) is 29.3 Å². The number of carboxylic acids is 1. The first-order valence-corrected chi connectivity index (χ1v) is 11.0. The summed E-state index contributed by atoms with van der Waals surface area (Å²) in [5.74, 6) is -1.28. The molecule has 0 radical (unpaired) electrons. The number of carboxylic acid groups (broad SMARTS) is 1. The topological polar surface area (TPSA) is 132 Å². The molecule has 0 bridgehead atoms. The van der Waals surface area contributed by atoms with Gasteiger partial charge in [0.05, 0.1) is 17.3 Å². The second-order valence-corrected chi connectivity index (χ2v) is 8.11. The Balaban J connectivity index is 1.60. The number of hydrogen-bond donors (Lipinski definition) is 5. The van der Waals surface area contributed by atoms with Crippen LogP contribution in [0.15, 0.2) is 41.4 Å². The van der Waals surface area contributed by atoms with Crippen LogP contribution in [0.3, 0.4) is 0 Å². The third-order valence-electron chi connectivity index (χ3n) is 4.70. The van der Waals surface area contributed by atoms with Crippen LogP contribution in [0.1, 0.15) is 28.8 Å². The lowest BCUT2D eigenvalue weighted by Gasteiger charge is -2.16. The zero-order chi connectivity index (χ0) is 23.8. The fourth-order valence-electron chi connectivity index (χ4n) is 3.14. The second kappa shape index (κ2) is 11.5. The van der Waals surface area contributed by atoms with Gasteiger partial charge in [0, 0.05) is 35.8 Å². The van der Waals surface area contributed by atoms with Crippen molar-refractivity contribution in [3.63, 3.8) is 0 Å². The Hall–Kier alpha value is -3.30. The van der Waals surface area contributed by atoms with Gasteiger partial charge in [-0.05, 0) is 48.7 Å². The van der Waals surface area contributed by atoms with Crippen LogP contribution in [-0.4, -0.2) is 48.5 Å². The summed E-state index contributed by atoms with van der Waals surface area (Å²) in [5, 5.41) is 20.9. The van der Waals surface area contributed by atoms with Crippen molar-refractivity contribution >= 4 is 58.3 Å². The van der Waals surface area contributed by atoms with Crippen LogP contribution in [0.25, 0.3) is 0 Å². The van der Waals surface area contributed by atoms with Crippen LogP contribution in [0.2, 0.25) is 10.0 Å². The number of guanidine groups is 1. The Morgan fingerprint density at radius 1 is 1.15 bits per heavy atom. The summed E-state index contributed by atoms with van der Waals surface area (Å²) in [5.41, 5.74) is 1.83. The maximum absolute atomic E-state index is 12.5. The van der Waals surface area contributed by atoms with Crippen molar-refractivity contribution in [3.8, 4) is 0 Å². The van der Waals surface area contributed by atoms with E-state index in [4.69, 9.17) is 28.3 Å². The molecule has 0 unspecified atom stereocenters. The summed E-state index contributed by atoms with van der Waals surface area (Å²) in [6.45, 7) is 1.26. The molecule has 2 aromatic rings. The van der Waals surface area contributed by atoms with E-state index in [1.54, 1.807) is 24.3 Å². The quantitative estimate of drug-likeness (QED) is 0.385. The van der Waals surface area contributed by atoms with E-state index in [1.165, 1.54) is 6.07 Å². The first kappa shape index (κ1) is 24.3. The number of rotatable bonds is 8. The van der Waals surface area contributed by atoms with Gasteiger partial charge >= 0.3 is 5.97 Å². The van der Waals surface area contributed by atoms with Gasteiger partial charge < -0.3 is 26.4 Å². The van der Waals surface area contributed by atoms with E-state index in [1.807, 2.05) is 6.07 Å². The lowest BCUT2D eigenvalue weighted by molar-refractivity contribution is -0.137. The molecular weight excluding hydrogens is 469 g/mol. The van der Waals surface area contributed by atoms with Crippen LogP contribution in [0, 0.1) is 0 Å². The Morgan fingerprint density at radius 3 is 2.70 bits per heavy atom. The monoisotopic (exact) mass is 491 g/mol. The maximum Gasteiger partial charge on any atom is 0.303 e. The Kier molecular flexibility index (Phi) is 8.51. The molecule has 3 rings (SSSR count). The highest BCUT2D eigenvalue weighted by Gasteiger charge is 2.15. The molecule has 9 nitrogen and oxygen atoms in total. The number of benzene rings is 2. The number of aliphatic imine (C=N–C) groups is 1. The van der Waals surface area contributed by atoms with Crippen molar-refractivity contribution in [1.29, 1.82) is 0 Å². The molecule has 0 saturated heterocycles. The first-order chi connectivity index (χ1) is 15.8. The minimum Gasteiger partial charge on any atom is -0.481 e. The third kappa shape index (κ3) is 7.37. The molecule has 2 amide bonds. The first-order valence-electron chi connectivity index (χ1n) is 10.2. The van der Waals surface area contributed by atoms with Crippen LogP contribution in [0.5, 0.6) is 0 Å². The third-order valence-corrected chi connectivity index (χ3v) is 5.22. The molecule has 0 aliphatic carbocycles. The van der Waals surface area contributed by atoms with Crippen molar-refractivity contribution in [2.24, 2.45) is 4.99 Å². The fraction of sp³-hybridized carbons (Fsp3) is 0.273. The number of halogens is 2.